The van der Waals surface area contributed by atoms with E-state index in [0.717, 1.165) is 5.56 Å². The van der Waals surface area contributed by atoms with Crippen LogP contribution in [0.25, 0.3) is 22.0 Å². The van der Waals surface area contributed by atoms with Gasteiger partial charge in [-0.15, -0.1) is 0 Å². The van der Waals surface area contributed by atoms with Gasteiger partial charge in [-0.2, -0.15) is 0 Å². The predicted octanol–water partition coefficient (Wildman–Crippen LogP) is 3.04. The van der Waals surface area contributed by atoms with E-state index in [1.54, 1.807) is 44.3 Å². The number of carbonyl (C=O) groups is 1. The zero-order valence-electron chi connectivity index (χ0n) is 16.0. The molecular weight excluding hydrogens is 394 g/mol. The molecule has 8 nitrogen and oxygen atoms in total. The van der Waals surface area contributed by atoms with Crippen LogP contribution in [-0.2, 0) is 14.8 Å². The SMILES string of the molecule is Cc1noc(C)c1-c1cc(S(=O)(=O)N[C@@H]2CCC[C@@H]2C(=O)O)c2cccnc2c1. The molecule has 2 heterocycles. The molecule has 2 atom stereocenters. The number of hydrogen-bond donors (Lipinski definition) is 2. The van der Waals surface area contributed by atoms with E-state index in [4.69, 9.17) is 4.52 Å². The summed E-state index contributed by atoms with van der Waals surface area (Å²) in [5.74, 6) is -1.12. The molecule has 152 valence electrons. The van der Waals surface area contributed by atoms with Gasteiger partial charge in [0.2, 0.25) is 10.0 Å². The van der Waals surface area contributed by atoms with Gasteiger partial charge in [-0.25, -0.2) is 13.1 Å². The smallest absolute Gasteiger partial charge is 0.308 e. The minimum atomic E-state index is -3.98. The van der Waals surface area contributed by atoms with Crippen molar-refractivity contribution in [3.05, 3.63) is 41.9 Å². The number of aliphatic carboxylic acids is 1. The maximum absolute atomic E-state index is 13.3. The van der Waals surface area contributed by atoms with Crippen LogP contribution < -0.4 is 4.72 Å². The van der Waals surface area contributed by atoms with Crippen molar-refractivity contribution >= 4 is 26.9 Å². The molecule has 29 heavy (non-hydrogen) atoms. The Hall–Kier alpha value is -2.78. The van der Waals surface area contributed by atoms with Gasteiger partial charge in [-0.05, 0) is 56.5 Å². The average Bonchev–Trinajstić information content (AvgIpc) is 3.26. The summed E-state index contributed by atoms with van der Waals surface area (Å²) in [6.07, 6.45) is 3.23. The molecule has 1 aliphatic rings. The molecule has 1 fully saturated rings. The molecular formula is C20H21N3O5S. The number of rotatable bonds is 5. The summed E-state index contributed by atoms with van der Waals surface area (Å²) in [5, 5.41) is 13.8. The van der Waals surface area contributed by atoms with Crippen molar-refractivity contribution in [2.75, 3.05) is 0 Å². The van der Waals surface area contributed by atoms with Crippen molar-refractivity contribution in [1.82, 2.24) is 14.9 Å². The third-order valence-corrected chi connectivity index (χ3v) is 6.96. The van der Waals surface area contributed by atoms with Gasteiger partial charge < -0.3 is 9.63 Å². The lowest BCUT2D eigenvalue weighted by Crippen LogP contribution is -2.40. The molecule has 2 N–H and O–H groups in total. The van der Waals surface area contributed by atoms with E-state index in [2.05, 4.69) is 14.9 Å². The number of nitrogens with one attached hydrogen (secondary N) is 1. The van der Waals surface area contributed by atoms with Crippen LogP contribution in [0, 0.1) is 19.8 Å². The second-order valence-electron chi connectivity index (χ2n) is 7.35. The number of benzene rings is 1. The summed E-state index contributed by atoms with van der Waals surface area (Å²) in [6, 6.07) is 6.11. The molecule has 0 unspecified atom stereocenters. The Labute approximate surface area is 168 Å². The lowest BCUT2D eigenvalue weighted by Gasteiger charge is -2.19. The molecule has 9 heteroatoms. The Morgan fingerprint density at radius 3 is 2.76 bits per heavy atom. The lowest BCUT2D eigenvalue weighted by atomic mass is 10.0. The minimum absolute atomic E-state index is 0.0640. The number of aryl methyl sites for hydroxylation is 2. The van der Waals surface area contributed by atoms with Crippen LogP contribution in [0.2, 0.25) is 0 Å². The third kappa shape index (κ3) is 3.51. The quantitative estimate of drug-likeness (QED) is 0.656. The topological polar surface area (TPSA) is 122 Å². The standard InChI is InChI=1S/C20H21N3O5S/c1-11-19(12(2)28-22-11)13-9-17-14(6-4-8-21-17)18(10-13)29(26,27)23-16-7-3-5-15(16)20(24)25/h4,6,8-10,15-16,23H,3,5,7H2,1-2H3,(H,24,25)/t15-,16+/m0/s1. The van der Waals surface area contributed by atoms with E-state index < -0.39 is 28.0 Å². The number of carboxylic acid groups (broad SMARTS) is 1. The first-order valence-electron chi connectivity index (χ1n) is 9.35. The van der Waals surface area contributed by atoms with Crippen molar-refractivity contribution in [3.63, 3.8) is 0 Å². The van der Waals surface area contributed by atoms with Crippen molar-refractivity contribution in [1.29, 1.82) is 0 Å². The number of carboxylic acids is 1. The summed E-state index contributed by atoms with van der Waals surface area (Å²) in [4.78, 5) is 15.9. The number of hydrogen-bond acceptors (Lipinski definition) is 6. The summed E-state index contributed by atoms with van der Waals surface area (Å²) in [5.41, 5.74) is 2.52. The Balaban J connectivity index is 1.85. The van der Waals surface area contributed by atoms with Gasteiger partial charge in [-0.1, -0.05) is 11.6 Å². The summed E-state index contributed by atoms with van der Waals surface area (Å²) >= 11 is 0. The lowest BCUT2D eigenvalue weighted by molar-refractivity contribution is -0.141. The molecule has 0 spiro atoms. The van der Waals surface area contributed by atoms with Gasteiger partial charge in [0, 0.05) is 23.2 Å². The molecule has 2 aromatic heterocycles. The first-order chi connectivity index (χ1) is 13.8. The highest BCUT2D eigenvalue weighted by Gasteiger charge is 2.36. The monoisotopic (exact) mass is 415 g/mol. The Kier molecular flexibility index (Phi) is 4.87. The van der Waals surface area contributed by atoms with Crippen molar-refractivity contribution in [2.45, 2.75) is 44.0 Å². The van der Waals surface area contributed by atoms with E-state index in [9.17, 15) is 18.3 Å². The van der Waals surface area contributed by atoms with E-state index in [1.807, 2.05) is 0 Å². The molecule has 3 aromatic rings. The fourth-order valence-electron chi connectivity index (χ4n) is 4.07. The molecule has 1 aliphatic carbocycles. The van der Waals surface area contributed by atoms with Gasteiger partial charge in [0.1, 0.15) is 5.76 Å². The van der Waals surface area contributed by atoms with Crippen LogP contribution >= 0.6 is 0 Å². The van der Waals surface area contributed by atoms with Crippen molar-refractivity contribution in [2.24, 2.45) is 5.92 Å². The zero-order chi connectivity index (χ0) is 20.8. The van der Waals surface area contributed by atoms with Gasteiger partial charge in [0.05, 0.1) is 22.0 Å². The van der Waals surface area contributed by atoms with Crippen molar-refractivity contribution < 1.29 is 22.8 Å². The average molecular weight is 415 g/mol. The highest BCUT2D eigenvalue weighted by molar-refractivity contribution is 7.89. The zero-order valence-corrected chi connectivity index (χ0v) is 16.9. The largest absolute Gasteiger partial charge is 0.481 e. The second kappa shape index (κ2) is 7.23. The maximum Gasteiger partial charge on any atom is 0.308 e. The Morgan fingerprint density at radius 1 is 1.28 bits per heavy atom. The van der Waals surface area contributed by atoms with Crippen LogP contribution in [0.5, 0.6) is 0 Å². The van der Waals surface area contributed by atoms with E-state index >= 15 is 0 Å². The molecule has 0 amide bonds. The van der Waals surface area contributed by atoms with Gasteiger partial charge in [0.25, 0.3) is 0 Å². The maximum atomic E-state index is 13.3. The highest BCUT2D eigenvalue weighted by Crippen LogP contribution is 2.34. The van der Waals surface area contributed by atoms with E-state index in [1.165, 1.54) is 0 Å². The number of pyridine rings is 1. The predicted molar refractivity (Wildman–Crippen MR) is 106 cm³/mol. The third-order valence-electron chi connectivity index (χ3n) is 5.43. The number of aromatic nitrogens is 2. The summed E-state index contributed by atoms with van der Waals surface area (Å²) in [6.45, 7) is 3.55. The molecule has 0 radical (unpaired) electrons. The highest BCUT2D eigenvalue weighted by atomic mass is 32.2. The summed E-state index contributed by atoms with van der Waals surface area (Å²) in [7, 11) is -3.98. The first-order valence-corrected chi connectivity index (χ1v) is 10.8. The van der Waals surface area contributed by atoms with Crippen LogP contribution in [-0.4, -0.2) is 35.7 Å². The molecule has 1 saturated carbocycles. The van der Waals surface area contributed by atoms with E-state index in [-0.39, 0.29) is 4.90 Å². The van der Waals surface area contributed by atoms with Crippen LogP contribution in [0.4, 0.5) is 0 Å². The Morgan fingerprint density at radius 2 is 2.07 bits per heavy atom. The molecule has 1 aromatic carbocycles. The molecule has 4 rings (SSSR count). The summed E-state index contributed by atoms with van der Waals surface area (Å²) < 4.78 is 34.4. The Bertz CT molecular complexity index is 1180. The molecule has 0 bridgehead atoms. The number of nitrogens with zero attached hydrogens (tertiary/aromatic N) is 2. The molecule has 0 saturated heterocycles. The van der Waals surface area contributed by atoms with Gasteiger partial charge in [-0.3, -0.25) is 9.78 Å². The number of fused-ring (bicyclic) bond motifs is 1. The van der Waals surface area contributed by atoms with E-state index in [0.29, 0.717) is 47.2 Å². The van der Waals surface area contributed by atoms with Crippen LogP contribution in [0.15, 0.2) is 39.9 Å². The van der Waals surface area contributed by atoms with Crippen molar-refractivity contribution in [3.8, 4) is 11.1 Å². The molecule has 0 aliphatic heterocycles. The fourth-order valence-corrected chi connectivity index (χ4v) is 5.62. The van der Waals surface area contributed by atoms with Crippen LogP contribution in [0.1, 0.15) is 30.7 Å². The second-order valence-corrected chi connectivity index (χ2v) is 9.03. The fraction of sp³-hybridized carbons (Fsp3) is 0.350. The van der Waals surface area contributed by atoms with Crippen LogP contribution in [0.3, 0.4) is 0 Å². The van der Waals surface area contributed by atoms with Gasteiger partial charge >= 0.3 is 5.97 Å². The van der Waals surface area contributed by atoms with Gasteiger partial charge in [0.15, 0.2) is 0 Å². The first kappa shape index (κ1) is 19.5. The minimum Gasteiger partial charge on any atom is -0.481 e. The number of sulfonamides is 1. The normalized spacial score (nSPS) is 19.7.